The number of hydrogen-bond donors (Lipinski definition) is 1. The van der Waals surface area contributed by atoms with Gasteiger partial charge in [0.2, 0.25) is 10.0 Å². The number of sulfonamides is 1. The van der Waals surface area contributed by atoms with Gasteiger partial charge >= 0.3 is 0 Å². The molecule has 0 aromatic heterocycles. The van der Waals surface area contributed by atoms with Crippen LogP contribution >= 0.6 is 27.5 Å². The van der Waals surface area contributed by atoms with Crippen molar-refractivity contribution in [3.05, 3.63) is 77.3 Å². The van der Waals surface area contributed by atoms with Gasteiger partial charge in [0.25, 0.3) is 5.91 Å². The van der Waals surface area contributed by atoms with Crippen molar-refractivity contribution in [2.24, 2.45) is 0 Å². The van der Waals surface area contributed by atoms with Crippen molar-refractivity contribution in [3.8, 4) is 5.75 Å². The van der Waals surface area contributed by atoms with Crippen molar-refractivity contribution in [1.29, 1.82) is 0 Å². The van der Waals surface area contributed by atoms with Crippen LogP contribution in [0.4, 0.5) is 5.69 Å². The molecule has 0 aliphatic carbocycles. The Labute approximate surface area is 190 Å². The van der Waals surface area contributed by atoms with E-state index in [0.717, 1.165) is 0 Å². The van der Waals surface area contributed by atoms with Crippen LogP contribution in [0.1, 0.15) is 6.92 Å². The van der Waals surface area contributed by atoms with Crippen molar-refractivity contribution in [1.82, 2.24) is 4.31 Å². The molecule has 0 aliphatic rings. The Morgan fingerprint density at radius 3 is 2.33 bits per heavy atom. The van der Waals surface area contributed by atoms with Gasteiger partial charge in [-0.25, -0.2) is 8.42 Å². The highest BCUT2D eigenvalue weighted by molar-refractivity contribution is 9.10. The number of nitrogens with zero attached hydrogens (tertiary/aromatic N) is 1. The maximum atomic E-state index is 12.7. The van der Waals surface area contributed by atoms with Crippen LogP contribution in [0.25, 0.3) is 0 Å². The van der Waals surface area contributed by atoms with Crippen molar-refractivity contribution < 1.29 is 17.9 Å². The molecule has 0 radical (unpaired) electrons. The van der Waals surface area contributed by atoms with Crippen molar-refractivity contribution >= 4 is 49.1 Å². The number of benzene rings is 2. The second-order valence-electron chi connectivity index (χ2n) is 6.25. The molecule has 9 heteroatoms. The second-order valence-corrected chi connectivity index (χ2v) is 9.48. The molecular formula is C21H22BrClN2O4S. The molecular weight excluding hydrogens is 492 g/mol. The van der Waals surface area contributed by atoms with E-state index in [4.69, 9.17) is 16.3 Å². The molecule has 0 bridgehead atoms. The van der Waals surface area contributed by atoms with Crippen molar-refractivity contribution in [2.45, 2.75) is 17.9 Å². The fourth-order valence-electron chi connectivity index (χ4n) is 2.48. The summed E-state index contributed by atoms with van der Waals surface area (Å²) < 4.78 is 33.0. The third kappa shape index (κ3) is 6.18. The topological polar surface area (TPSA) is 75.7 Å². The van der Waals surface area contributed by atoms with Crippen LogP contribution in [-0.2, 0) is 14.8 Å². The van der Waals surface area contributed by atoms with Crippen molar-refractivity contribution in [3.63, 3.8) is 0 Å². The molecule has 30 heavy (non-hydrogen) atoms. The number of nitrogens with one attached hydrogen (secondary N) is 1. The number of halogens is 2. The number of rotatable bonds is 10. The van der Waals surface area contributed by atoms with Gasteiger partial charge in [0.05, 0.1) is 9.37 Å². The molecule has 0 saturated heterocycles. The number of amides is 1. The molecule has 0 heterocycles. The molecule has 0 fully saturated rings. The van der Waals surface area contributed by atoms with E-state index in [1.54, 1.807) is 25.1 Å². The fraction of sp³-hybridized carbons (Fsp3) is 0.190. The van der Waals surface area contributed by atoms with E-state index in [0.29, 0.717) is 20.9 Å². The van der Waals surface area contributed by atoms with Crippen LogP contribution in [0.15, 0.2) is 77.1 Å². The van der Waals surface area contributed by atoms with Gasteiger partial charge in [-0.15, -0.1) is 13.2 Å². The van der Waals surface area contributed by atoms with Crippen LogP contribution in [-0.4, -0.2) is 37.8 Å². The molecule has 0 saturated carbocycles. The van der Waals surface area contributed by atoms with Gasteiger partial charge in [0.15, 0.2) is 6.10 Å². The lowest BCUT2D eigenvalue weighted by molar-refractivity contribution is -0.122. The average Bonchev–Trinajstić information content (AvgIpc) is 2.70. The Hall–Kier alpha value is -2.13. The third-order valence-corrected chi connectivity index (χ3v) is 6.69. The van der Waals surface area contributed by atoms with Gasteiger partial charge < -0.3 is 10.1 Å². The molecule has 1 atom stereocenters. The predicted molar refractivity (Wildman–Crippen MR) is 123 cm³/mol. The summed E-state index contributed by atoms with van der Waals surface area (Å²) in [6, 6.07) is 10.9. The minimum atomic E-state index is -3.70. The van der Waals surface area contributed by atoms with Crippen molar-refractivity contribution in [2.75, 3.05) is 18.4 Å². The summed E-state index contributed by atoms with van der Waals surface area (Å²) in [7, 11) is -3.70. The zero-order chi connectivity index (χ0) is 22.3. The highest BCUT2D eigenvalue weighted by Crippen LogP contribution is 2.29. The first-order valence-corrected chi connectivity index (χ1v) is 11.5. The summed E-state index contributed by atoms with van der Waals surface area (Å²) >= 11 is 9.24. The van der Waals surface area contributed by atoms with Gasteiger partial charge in [-0.2, -0.15) is 4.31 Å². The van der Waals surface area contributed by atoms with Crippen LogP contribution < -0.4 is 10.1 Å². The summed E-state index contributed by atoms with van der Waals surface area (Å²) in [4.78, 5) is 12.5. The van der Waals surface area contributed by atoms with Crippen LogP contribution in [0.3, 0.4) is 0 Å². The lowest BCUT2D eigenvalue weighted by atomic mass is 10.3. The van der Waals surface area contributed by atoms with E-state index in [-0.39, 0.29) is 23.9 Å². The standard InChI is InChI=1S/C21H22BrClN2O4S/c1-4-12-25(13-5-2)30(27,28)18-9-7-17(8-10-18)24-21(26)15(3)29-20-11-6-16(23)14-19(20)22/h4-11,14-15H,1-2,12-13H2,3H3,(H,24,26). The fourth-order valence-corrected chi connectivity index (χ4v) is 4.63. The maximum Gasteiger partial charge on any atom is 0.265 e. The highest BCUT2D eigenvalue weighted by Gasteiger charge is 2.22. The Balaban J connectivity index is 2.08. The molecule has 2 aromatic carbocycles. The monoisotopic (exact) mass is 512 g/mol. The summed E-state index contributed by atoms with van der Waals surface area (Å²) in [6.07, 6.45) is 2.23. The smallest absolute Gasteiger partial charge is 0.265 e. The predicted octanol–water partition coefficient (Wildman–Crippen LogP) is 4.87. The SMILES string of the molecule is C=CCN(CC=C)S(=O)(=O)c1ccc(NC(=O)C(C)Oc2ccc(Cl)cc2Br)cc1. The van der Waals surface area contributed by atoms with Crippen LogP contribution in [0, 0.1) is 0 Å². The van der Waals surface area contributed by atoms with Gasteiger partial charge in [0, 0.05) is 23.8 Å². The molecule has 160 valence electrons. The first kappa shape index (κ1) is 24.1. The normalized spacial score (nSPS) is 12.3. The summed E-state index contributed by atoms with van der Waals surface area (Å²) in [5, 5.41) is 3.25. The van der Waals surface area contributed by atoms with E-state index >= 15 is 0 Å². The summed E-state index contributed by atoms with van der Waals surface area (Å²) in [5.74, 6) is 0.0976. The number of hydrogen-bond acceptors (Lipinski definition) is 4. The average molecular weight is 514 g/mol. The highest BCUT2D eigenvalue weighted by atomic mass is 79.9. The quantitative estimate of drug-likeness (QED) is 0.460. The number of carbonyl (C=O) groups is 1. The Morgan fingerprint density at radius 2 is 1.80 bits per heavy atom. The molecule has 6 nitrogen and oxygen atoms in total. The van der Waals surface area contributed by atoms with E-state index in [1.807, 2.05) is 0 Å². The summed E-state index contributed by atoms with van der Waals surface area (Å²) in [5.41, 5.74) is 0.448. The second kappa shape index (κ2) is 10.8. The molecule has 2 aromatic rings. The lowest BCUT2D eigenvalue weighted by Gasteiger charge is -2.19. The molecule has 0 aliphatic heterocycles. The molecule has 1 N–H and O–H groups in total. The van der Waals surface area contributed by atoms with Gasteiger partial charge in [-0.3, -0.25) is 4.79 Å². The molecule has 0 spiro atoms. The van der Waals surface area contributed by atoms with E-state index in [9.17, 15) is 13.2 Å². The van der Waals surface area contributed by atoms with Gasteiger partial charge in [-0.05, 0) is 65.3 Å². The number of carbonyl (C=O) groups excluding carboxylic acids is 1. The van der Waals surface area contributed by atoms with Crippen LogP contribution in [0.5, 0.6) is 5.75 Å². The lowest BCUT2D eigenvalue weighted by Crippen LogP contribution is -2.31. The largest absolute Gasteiger partial charge is 0.480 e. The first-order chi connectivity index (χ1) is 14.2. The zero-order valence-corrected chi connectivity index (χ0v) is 19.5. The first-order valence-electron chi connectivity index (χ1n) is 8.93. The Morgan fingerprint density at radius 1 is 1.20 bits per heavy atom. The number of anilines is 1. The summed E-state index contributed by atoms with van der Waals surface area (Å²) in [6.45, 7) is 9.11. The number of ether oxygens (including phenoxy) is 1. The van der Waals surface area contributed by atoms with E-state index in [2.05, 4.69) is 34.4 Å². The van der Waals surface area contributed by atoms with E-state index in [1.165, 1.54) is 40.7 Å². The third-order valence-electron chi connectivity index (χ3n) is 3.99. The van der Waals surface area contributed by atoms with Gasteiger partial charge in [0.1, 0.15) is 5.75 Å². The minimum absolute atomic E-state index is 0.110. The molecule has 2 rings (SSSR count). The maximum absolute atomic E-state index is 12.7. The molecule has 1 unspecified atom stereocenters. The van der Waals surface area contributed by atoms with Gasteiger partial charge in [-0.1, -0.05) is 23.8 Å². The van der Waals surface area contributed by atoms with E-state index < -0.39 is 16.1 Å². The Bertz CT molecular complexity index is 1020. The zero-order valence-electron chi connectivity index (χ0n) is 16.3. The minimum Gasteiger partial charge on any atom is -0.480 e. The molecule has 1 amide bonds. The van der Waals surface area contributed by atoms with Crippen LogP contribution in [0.2, 0.25) is 5.02 Å². The Kier molecular flexibility index (Phi) is 8.66.